The van der Waals surface area contributed by atoms with E-state index in [9.17, 15) is 14.7 Å². The van der Waals surface area contributed by atoms with E-state index in [0.717, 1.165) is 0 Å². The number of rotatable bonds is 2. The second kappa shape index (κ2) is 5.07. The van der Waals surface area contributed by atoms with Crippen LogP contribution in [0.15, 0.2) is 0 Å². The van der Waals surface area contributed by atoms with E-state index in [4.69, 9.17) is 4.74 Å². The first-order valence-corrected chi connectivity index (χ1v) is 5.06. The van der Waals surface area contributed by atoms with Gasteiger partial charge in [0.25, 0.3) is 0 Å². The number of carbonyl (C=O) groups excluding carboxylic acids is 2. The van der Waals surface area contributed by atoms with Gasteiger partial charge in [0.05, 0.1) is 12.5 Å². The molecule has 0 radical (unpaired) electrons. The fourth-order valence-corrected chi connectivity index (χ4v) is 2.50. The van der Waals surface area contributed by atoms with Gasteiger partial charge in [-0.15, -0.1) is 0 Å². The molecule has 0 bridgehead atoms. The first-order valence-electron chi connectivity index (χ1n) is 5.06. The van der Waals surface area contributed by atoms with Crippen molar-refractivity contribution in [2.75, 3.05) is 7.11 Å². The molecular weight excluding hydrogens is 219 g/mol. The van der Waals surface area contributed by atoms with Crippen LogP contribution in [0.1, 0.15) is 33.6 Å². The third-order valence-corrected chi connectivity index (χ3v) is 4.15. The normalized spacial score (nSPS) is 31.6. The number of esters is 1. The molecular formula is C11H17NaO4. The Bertz CT molecular complexity index is 300. The van der Waals surface area contributed by atoms with Gasteiger partial charge in [-0.25, -0.2) is 0 Å². The number of hydrogen-bond acceptors (Lipinski definition) is 4. The smallest absolute Gasteiger partial charge is 0.550 e. The SMILES string of the molecule is COC(=O)C1(C)CCC(C(=O)[O-])C1(C)C.[Na+]. The van der Waals surface area contributed by atoms with Crippen molar-refractivity contribution in [3.8, 4) is 0 Å². The van der Waals surface area contributed by atoms with Gasteiger partial charge in [0.15, 0.2) is 0 Å². The number of carboxylic acid groups (broad SMARTS) is 1. The molecule has 2 atom stereocenters. The van der Waals surface area contributed by atoms with Crippen LogP contribution in [0.25, 0.3) is 0 Å². The molecule has 0 saturated heterocycles. The maximum Gasteiger partial charge on any atom is 1.00 e. The number of hydrogen-bond donors (Lipinski definition) is 0. The monoisotopic (exact) mass is 236 g/mol. The zero-order chi connectivity index (χ0) is 11.9. The quantitative estimate of drug-likeness (QED) is 0.388. The van der Waals surface area contributed by atoms with E-state index in [2.05, 4.69) is 0 Å². The van der Waals surface area contributed by atoms with Gasteiger partial charge in [-0.2, -0.15) is 0 Å². The van der Waals surface area contributed by atoms with E-state index in [0.29, 0.717) is 12.8 Å². The Morgan fingerprint density at radius 3 is 2.12 bits per heavy atom. The Kier molecular flexibility index (Phi) is 5.05. The minimum Gasteiger partial charge on any atom is -0.550 e. The fraction of sp³-hybridized carbons (Fsp3) is 0.818. The molecule has 1 fully saturated rings. The van der Waals surface area contributed by atoms with Crippen molar-refractivity contribution < 1.29 is 49.0 Å². The molecule has 1 aliphatic carbocycles. The summed E-state index contributed by atoms with van der Waals surface area (Å²) in [6, 6.07) is 0. The summed E-state index contributed by atoms with van der Waals surface area (Å²) in [6.07, 6.45) is 1.01. The summed E-state index contributed by atoms with van der Waals surface area (Å²) in [7, 11) is 1.33. The molecule has 4 nitrogen and oxygen atoms in total. The number of carboxylic acids is 1. The molecule has 86 valence electrons. The summed E-state index contributed by atoms with van der Waals surface area (Å²) in [5, 5.41) is 11.0. The molecule has 0 aliphatic heterocycles. The molecule has 0 aromatic heterocycles. The van der Waals surface area contributed by atoms with E-state index in [-0.39, 0.29) is 35.5 Å². The summed E-state index contributed by atoms with van der Waals surface area (Å²) in [5.74, 6) is -1.99. The van der Waals surface area contributed by atoms with Crippen molar-refractivity contribution in [1.82, 2.24) is 0 Å². The van der Waals surface area contributed by atoms with Crippen LogP contribution in [0, 0.1) is 16.7 Å². The van der Waals surface area contributed by atoms with Crippen molar-refractivity contribution in [3.05, 3.63) is 0 Å². The minimum absolute atomic E-state index is 0. The summed E-state index contributed by atoms with van der Waals surface area (Å²) in [4.78, 5) is 22.6. The van der Waals surface area contributed by atoms with Gasteiger partial charge in [0.1, 0.15) is 0 Å². The number of aliphatic carboxylic acids is 1. The number of methoxy groups -OCH3 is 1. The maximum absolute atomic E-state index is 11.7. The molecule has 5 heteroatoms. The Labute approximate surface area is 118 Å². The van der Waals surface area contributed by atoms with Crippen LogP contribution in [-0.4, -0.2) is 19.0 Å². The van der Waals surface area contributed by atoms with Crippen LogP contribution in [0.5, 0.6) is 0 Å². The molecule has 1 saturated carbocycles. The standard InChI is InChI=1S/C11H18O4.Na/c1-10(2)7(8(12)13)5-6-11(10,3)9(14)15-4;/h7H,5-6H2,1-4H3,(H,12,13);/q;+1/p-1. The molecule has 1 rings (SSSR count). The van der Waals surface area contributed by atoms with E-state index in [1.807, 2.05) is 0 Å². The average Bonchev–Trinajstić information content (AvgIpc) is 2.38. The molecule has 0 N–H and O–H groups in total. The predicted molar refractivity (Wildman–Crippen MR) is 51.6 cm³/mol. The fourth-order valence-electron chi connectivity index (χ4n) is 2.50. The van der Waals surface area contributed by atoms with Crippen LogP contribution < -0.4 is 34.7 Å². The maximum atomic E-state index is 11.7. The molecule has 0 amide bonds. The Morgan fingerprint density at radius 1 is 1.31 bits per heavy atom. The van der Waals surface area contributed by atoms with Crippen LogP contribution >= 0.6 is 0 Å². The largest absolute Gasteiger partial charge is 1.00 e. The van der Waals surface area contributed by atoms with E-state index in [1.165, 1.54) is 7.11 Å². The van der Waals surface area contributed by atoms with Gasteiger partial charge in [0.2, 0.25) is 0 Å². The zero-order valence-electron chi connectivity index (χ0n) is 10.6. The zero-order valence-corrected chi connectivity index (χ0v) is 12.6. The molecule has 0 spiro atoms. The van der Waals surface area contributed by atoms with Gasteiger partial charge in [-0.05, 0) is 25.2 Å². The Balaban J connectivity index is 0.00000225. The van der Waals surface area contributed by atoms with Gasteiger partial charge in [-0.3, -0.25) is 4.79 Å². The van der Waals surface area contributed by atoms with E-state index in [1.54, 1.807) is 20.8 Å². The summed E-state index contributed by atoms with van der Waals surface area (Å²) < 4.78 is 4.75. The summed E-state index contributed by atoms with van der Waals surface area (Å²) in [5.41, 5.74) is -1.36. The third-order valence-electron chi connectivity index (χ3n) is 4.15. The van der Waals surface area contributed by atoms with Gasteiger partial charge in [0, 0.05) is 11.9 Å². The topological polar surface area (TPSA) is 66.4 Å². The molecule has 1 aliphatic rings. The van der Waals surface area contributed by atoms with Crippen molar-refractivity contribution in [3.63, 3.8) is 0 Å². The van der Waals surface area contributed by atoms with Crippen molar-refractivity contribution >= 4 is 11.9 Å². The van der Waals surface area contributed by atoms with Crippen LogP contribution in [0.2, 0.25) is 0 Å². The second-order valence-electron chi connectivity index (χ2n) is 4.96. The molecule has 2 unspecified atom stereocenters. The van der Waals surface area contributed by atoms with E-state index >= 15 is 0 Å². The Hall–Kier alpha value is -0.0600. The van der Waals surface area contributed by atoms with Crippen molar-refractivity contribution in [1.29, 1.82) is 0 Å². The first kappa shape index (κ1) is 15.9. The van der Waals surface area contributed by atoms with Crippen LogP contribution in [0.3, 0.4) is 0 Å². The molecule has 16 heavy (non-hydrogen) atoms. The van der Waals surface area contributed by atoms with Crippen LogP contribution in [-0.2, 0) is 14.3 Å². The molecule has 0 aromatic rings. The third kappa shape index (κ3) is 2.15. The molecule has 0 heterocycles. The minimum atomic E-state index is -1.08. The summed E-state index contributed by atoms with van der Waals surface area (Å²) in [6.45, 7) is 5.34. The van der Waals surface area contributed by atoms with Crippen LogP contribution in [0.4, 0.5) is 0 Å². The average molecular weight is 236 g/mol. The number of ether oxygens (including phenoxy) is 1. The summed E-state index contributed by atoms with van der Waals surface area (Å²) >= 11 is 0. The van der Waals surface area contributed by atoms with Crippen molar-refractivity contribution in [2.45, 2.75) is 33.6 Å². The molecule has 0 aromatic carbocycles. The van der Waals surface area contributed by atoms with Gasteiger partial charge >= 0.3 is 35.5 Å². The Morgan fingerprint density at radius 2 is 1.81 bits per heavy atom. The van der Waals surface area contributed by atoms with Gasteiger partial charge < -0.3 is 14.6 Å². The predicted octanol–water partition coefficient (Wildman–Crippen LogP) is -2.64. The second-order valence-corrected chi connectivity index (χ2v) is 4.96. The first-order chi connectivity index (χ1) is 6.77. The van der Waals surface area contributed by atoms with Crippen molar-refractivity contribution in [2.24, 2.45) is 16.7 Å². The van der Waals surface area contributed by atoms with Gasteiger partial charge in [-0.1, -0.05) is 13.8 Å². The number of carbonyl (C=O) groups is 2. The van der Waals surface area contributed by atoms with E-state index < -0.39 is 22.7 Å².